The first kappa shape index (κ1) is 14.1. The first-order valence-electron chi connectivity index (χ1n) is 4.63. The zero-order valence-corrected chi connectivity index (χ0v) is 12.7. The molecular weight excluding hydrogens is 362 g/mol. The lowest BCUT2D eigenvalue weighted by atomic mass is 9.96. The van der Waals surface area contributed by atoms with Crippen molar-refractivity contribution in [2.24, 2.45) is 0 Å². The van der Waals surface area contributed by atoms with Gasteiger partial charge in [0.2, 0.25) is 0 Å². The number of alkyl halides is 1. The first-order chi connectivity index (χ1) is 7.34. The van der Waals surface area contributed by atoms with Crippen LogP contribution in [0.3, 0.4) is 0 Å². The second-order valence-corrected chi connectivity index (χ2v) is 5.83. The lowest BCUT2D eigenvalue weighted by Gasteiger charge is -2.19. The van der Waals surface area contributed by atoms with E-state index in [1.807, 2.05) is 6.92 Å². The summed E-state index contributed by atoms with van der Waals surface area (Å²) in [6.07, 6.45) is 0. The average Bonchev–Trinajstić information content (AvgIpc) is 2.14. The molecular formula is C11H10Br2ClFO. The molecule has 2 unspecified atom stereocenters. The van der Waals surface area contributed by atoms with Gasteiger partial charge in [-0.15, -0.1) is 0 Å². The third kappa shape index (κ3) is 3.05. The highest BCUT2D eigenvalue weighted by Gasteiger charge is 2.24. The number of carbonyl (C=O) groups is 1. The molecule has 0 saturated heterocycles. The average molecular weight is 372 g/mol. The second-order valence-electron chi connectivity index (χ2n) is 3.58. The van der Waals surface area contributed by atoms with Gasteiger partial charge in [0.15, 0.2) is 0 Å². The summed E-state index contributed by atoms with van der Waals surface area (Å²) in [7, 11) is 0. The summed E-state index contributed by atoms with van der Waals surface area (Å²) in [5.41, 5.74) is 0.736. The van der Waals surface area contributed by atoms with E-state index in [0.29, 0.717) is 9.50 Å². The Morgan fingerprint density at radius 2 is 2.06 bits per heavy atom. The fourth-order valence-electron chi connectivity index (χ4n) is 1.49. The van der Waals surface area contributed by atoms with E-state index < -0.39 is 5.82 Å². The molecule has 0 bridgehead atoms. The van der Waals surface area contributed by atoms with E-state index in [1.54, 1.807) is 0 Å². The molecule has 0 fully saturated rings. The first-order valence-corrected chi connectivity index (χ1v) is 6.72. The van der Waals surface area contributed by atoms with Crippen molar-refractivity contribution < 1.29 is 9.18 Å². The van der Waals surface area contributed by atoms with Crippen LogP contribution in [0.25, 0.3) is 0 Å². The maximum Gasteiger partial charge on any atom is 0.144 e. The van der Waals surface area contributed by atoms with Gasteiger partial charge >= 0.3 is 0 Å². The van der Waals surface area contributed by atoms with Gasteiger partial charge in [-0.3, -0.25) is 4.79 Å². The van der Waals surface area contributed by atoms with Crippen LogP contribution in [0, 0.1) is 5.82 Å². The van der Waals surface area contributed by atoms with Gasteiger partial charge in [-0.05, 0) is 24.6 Å². The van der Waals surface area contributed by atoms with Gasteiger partial charge in [-0.2, -0.15) is 0 Å². The molecule has 5 heteroatoms. The van der Waals surface area contributed by atoms with Crippen LogP contribution in [0.4, 0.5) is 4.39 Å². The van der Waals surface area contributed by atoms with Gasteiger partial charge in [0, 0.05) is 15.4 Å². The lowest BCUT2D eigenvalue weighted by Crippen LogP contribution is -2.18. The zero-order valence-electron chi connectivity index (χ0n) is 8.73. The molecule has 1 aromatic rings. The molecule has 88 valence electrons. The molecule has 0 aliphatic carbocycles. The van der Waals surface area contributed by atoms with Crippen molar-refractivity contribution >= 4 is 49.2 Å². The topological polar surface area (TPSA) is 17.1 Å². The Balaban J connectivity index is 3.18. The maximum atomic E-state index is 13.0. The largest absolute Gasteiger partial charge is 0.299 e. The molecule has 0 spiro atoms. The predicted octanol–water partition coefficient (Wildman–Crippen LogP) is 4.70. The summed E-state index contributed by atoms with van der Waals surface area (Å²) in [5.74, 6) is -0.512. The number of Topliss-reactive ketones (excluding diaryl/α,β-unsaturated/α-hetero) is 1. The SMILES string of the molecule is CC(=O)C(Br)C(C)c1c(Cl)cc(F)cc1Br. The fourth-order valence-corrected chi connectivity index (χ4v) is 3.04. The molecule has 1 nitrogen and oxygen atoms in total. The quantitative estimate of drug-likeness (QED) is 0.703. The molecule has 0 N–H and O–H groups in total. The number of carbonyl (C=O) groups excluding carboxylic acids is 1. The predicted molar refractivity (Wildman–Crippen MR) is 70.9 cm³/mol. The van der Waals surface area contributed by atoms with Gasteiger partial charge < -0.3 is 0 Å². The van der Waals surface area contributed by atoms with E-state index >= 15 is 0 Å². The van der Waals surface area contributed by atoms with Crippen LogP contribution in [-0.2, 0) is 4.79 Å². The Morgan fingerprint density at radius 3 is 2.50 bits per heavy atom. The Labute approximate surface area is 116 Å². The molecule has 0 aliphatic heterocycles. The Morgan fingerprint density at radius 1 is 1.50 bits per heavy atom. The molecule has 0 amide bonds. The summed E-state index contributed by atoms with van der Waals surface area (Å²) in [6, 6.07) is 2.59. The van der Waals surface area contributed by atoms with Crippen LogP contribution in [0.5, 0.6) is 0 Å². The fraction of sp³-hybridized carbons (Fsp3) is 0.364. The van der Waals surface area contributed by atoms with Crippen LogP contribution in [0.15, 0.2) is 16.6 Å². The minimum atomic E-state index is -0.401. The smallest absolute Gasteiger partial charge is 0.144 e. The maximum absolute atomic E-state index is 13.0. The van der Waals surface area contributed by atoms with E-state index in [9.17, 15) is 9.18 Å². The molecule has 16 heavy (non-hydrogen) atoms. The molecule has 0 saturated carbocycles. The third-order valence-electron chi connectivity index (χ3n) is 2.33. The van der Waals surface area contributed by atoms with Crippen LogP contribution < -0.4 is 0 Å². The minimum absolute atomic E-state index is 0.0137. The van der Waals surface area contributed by atoms with Crippen molar-refractivity contribution in [1.29, 1.82) is 0 Å². The van der Waals surface area contributed by atoms with E-state index in [-0.39, 0.29) is 16.5 Å². The van der Waals surface area contributed by atoms with Gasteiger partial charge in [-0.25, -0.2) is 4.39 Å². The van der Waals surface area contributed by atoms with Crippen molar-refractivity contribution in [3.63, 3.8) is 0 Å². The number of benzene rings is 1. The van der Waals surface area contributed by atoms with E-state index in [1.165, 1.54) is 19.1 Å². The Bertz CT molecular complexity index is 399. The number of halogens is 4. The highest BCUT2D eigenvalue weighted by Crippen LogP contribution is 2.36. The van der Waals surface area contributed by atoms with Crippen molar-refractivity contribution in [2.45, 2.75) is 24.6 Å². The summed E-state index contributed by atoms with van der Waals surface area (Å²) < 4.78 is 13.6. The Kier molecular flexibility index (Phi) is 4.95. The van der Waals surface area contributed by atoms with Gasteiger partial charge in [0.25, 0.3) is 0 Å². The number of hydrogen-bond acceptors (Lipinski definition) is 1. The molecule has 1 aromatic carbocycles. The van der Waals surface area contributed by atoms with Gasteiger partial charge in [0.05, 0.1) is 4.83 Å². The van der Waals surface area contributed by atoms with Crippen LogP contribution in [-0.4, -0.2) is 10.6 Å². The van der Waals surface area contributed by atoms with Crippen molar-refractivity contribution in [3.8, 4) is 0 Å². The van der Waals surface area contributed by atoms with E-state index in [2.05, 4.69) is 31.9 Å². The standard InChI is InChI=1S/C11H10Br2ClFO/c1-5(11(13)6(2)16)10-8(12)3-7(15)4-9(10)14/h3-5,11H,1-2H3. The summed E-state index contributed by atoms with van der Waals surface area (Å²) in [4.78, 5) is 10.9. The minimum Gasteiger partial charge on any atom is -0.299 e. The number of ketones is 1. The number of hydrogen-bond donors (Lipinski definition) is 0. The Hall–Kier alpha value is 0.0700. The monoisotopic (exact) mass is 370 g/mol. The molecule has 1 rings (SSSR count). The van der Waals surface area contributed by atoms with Crippen LogP contribution >= 0.6 is 43.5 Å². The van der Waals surface area contributed by atoms with E-state index in [4.69, 9.17) is 11.6 Å². The lowest BCUT2D eigenvalue weighted by molar-refractivity contribution is -0.116. The van der Waals surface area contributed by atoms with Gasteiger partial charge in [0.1, 0.15) is 11.6 Å². The molecule has 0 radical (unpaired) electrons. The summed E-state index contributed by atoms with van der Waals surface area (Å²) in [5, 5.41) is 0.324. The molecule has 0 aromatic heterocycles. The zero-order chi connectivity index (χ0) is 12.5. The van der Waals surface area contributed by atoms with Crippen molar-refractivity contribution in [1.82, 2.24) is 0 Å². The highest BCUT2D eigenvalue weighted by atomic mass is 79.9. The summed E-state index contributed by atoms with van der Waals surface area (Å²) in [6.45, 7) is 3.37. The molecule has 0 heterocycles. The van der Waals surface area contributed by atoms with Crippen molar-refractivity contribution in [3.05, 3.63) is 33.0 Å². The van der Waals surface area contributed by atoms with Crippen LogP contribution in [0.1, 0.15) is 25.3 Å². The highest BCUT2D eigenvalue weighted by molar-refractivity contribution is 9.10. The van der Waals surface area contributed by atoms with E-state index in [0.717, 1.165) is 5.56 Å². The second kappa shape index (κ2) is 5.61. The van der Waals surface area contributed by atoms with Gasteiger partial charge in [-0.1, -0.05) is 50.4 Å². The normalized spacial score (nSPS) is 14.6. The molecule has 2 atom stereocenters. The van der Waals surface area contributed by atoms with Crippen molar-refractivity contribution in [2.75, 3.05) is 0 Å². The third-order valence-corrected chi connectivity index (χ3v) is 4.73. The molecule has 0 aliphatic rings. The summed E-state index contributed by atoms with van der Waals surface area (Å²) >= 11 is 12.5. The van der Waals surface area contributed by atoms with Crippen LogP contribution in [0.2, 0.25) is 5.02 Å². The number of rotatable bonds is 3.